The molecule has 5 N–H and O–H groups in total. The van der Waals surface area contributed by atoms with E-state index in [-0.39, 0.29) is 25.7 Å². The predicted octanol–water partition coefficient (Wildman–Crippen LogP) is 14.5. The van der Waals surface area contributed by atoms with Crippen LogP contribution in [0.15, 0.2) is 24.3 Å². The molecule has 0 bridgehead atoms. The van der Waals surface area contributed by atoms with Crippen LogP contribution in [0.2, 0.25) is 0 Å². The second-order valence-corrected chi connectivity index (χ2v) is 18.5. The molecule has 0 aliphatic rings. The highest BCUT2D eigenvalue weighted by atomic mass is 31.2. The highest BCUT2D eigenvalue weighted by Gasteiger charge is 2.26. The summed E-state index contributed by atoms with van der Waals surface area (Å²) in [7, 11) is -4.34. The first-order valence-corrected chi connectivity index (χ1v) is 26.5. The molecule has 0 aliphatic heterocycles. The minimum atomic E-state index is -4.34. The molecule has 0 aliphatic carbocycles. The lowest BCUT2D eigenvalue weighted by molar-refractivity contribution is -0.123. The van der Waals surface area contributed by atoms with Crippen LogP contribution in [0.1, 0.15) is 251 Å². The predicted molar refractivity (Wildman–Crippen MR) is 249 cm³/mol. The lowest BCUT2D eigenvalue weighted by Crippen LogP contribution is -2.45. The number of carbonyl (C=O) groups excluding carboxylic acids is 1. The number of phosphoric acid groups is 1. The number of phosphoric ester groups is 1. The van der Waals surface area contributed by atoms with Crippen molar-refractivity contribution in [2.45, 2.75) is 264 Å². The van der Waals surface area contributed by atoms with Crippen LogP contribution in [0.5, 0.6) is 0 Å². The normalized spacial score (nSPS) is 14.1. The molecule has 3 atom stereocenters. The van der Waals surface area contributed by atoms with E-state index in [4.69, 9.17) is 14.8 Å². The Balaban J connectivity index is 4.10. The molecular formula is C49H97N2O6P. The molecule has 9 heteroatoms. The number of rotatable bonds is 47. The van der Waals surface area contributed by atoms with Gasteiger partial charge in [-0.2, -0.15) is 0 Å². The number of nitrogens with one attached hydrogen (secondary N) is 1. The van der Waals surface area contributed by atoms with Gasteiger partial charge in [-0.05, 0) is 44.9 Å². The summed E-state index contributed by atoms with van der Waals surface area (Å²) in [6, 6.07) is -0.859. The third-order valence-electron chi connectivity index (χ3n) is 11.3. The molecule has 0 saturated heterocycles. The summed E-state index contributed by atoms with van der Waals surface area (Å²) in [4.78, 5) is 22.8. The van der Waals surface area contributed by atoms with E-state index >= 15 is 0 Å². The van der Waals surface area contributed by atoms with Gasteiger partial charge in [0.1, 0.15) is 0 Å². The van der Waals surface area contributed by atoms with E-state index in [1.165, 1.54) is 193 Å². The van der Waals surface area contributed by atoms with Crippen molar-refractivity contribution >= 4 is 13.7 Å². The lowest BCUT2D eigenvalue weighted by Gasteiger charge is -2.23. The average Bonchev–Trinajstić information content (AvgIpc) is 3.21. The molecule has 0 fully saturated rings. The molecule has 0 spiro atoms. The third kappa shape index (κ3) is 43.1. The summed E-state index contributed by atoms with van der Waals surface area (Å²) in [6.07, 6.45) is 53.8. The first-order valence-electron chi connectivity index (χ1n) is 25.0. The van der Waals surface area contributed by atoms with Crippen LogP contribution >= 0.6 is 7.82 Å². The fourth-order valence-electron chi connectivity index (χ4n) is 7.48. The number of carbonyl (C=O) groups is 1. The Kier molecular flexibility index (Phi) is 44.7. The monoisotopic (exact) mass is 841 g/mol. The molecular weight excluding hydrogens is 744 g/mol. The number of hydrogen-bond acceptors (Lipinski definition) is 6. The highest BCUT2D eigenvalue weighted by molar-refractivity contribution is 7.47. The summed E-state index contributed by atoms with van der Waals surface area (Å²) in [5.74, 6) is -0.193. The topological polar surface area (TPSA) is 131 Å². The Bertz CT molecular complexity index is 963. The van der Waals surface area contributed by atoms with E-state index in [9.17, 15) is 19.4 Å². The van der Waals surface area contributed by atoms with Crippen LogP contribution in [-0.2, 0) is 18.4 Å². The van der Waals surface area contributed by atoms with Gasteiger partial charge in [0.05, 0.1) is 25.4 Å². The molecule has 0 heterocycles. The summed E-state index contributed by atoms with van der Waals surface area (Å²) in [5, 5.41) is 13.7. The van der Waals surface area contributed by atoms with E-state index in [1.54, 1.807) is 6.08 Å². The standard InChI is InChI=1S/C49H97N2O6P/c1-3-5-7-9-11-13-15-17-19-21-23-24-25-27-29-31-33-35-37-39-41-43-49(53)51-47(46-57-58(54,55)56-45-44-50)48(52)42-40-38-36-34-32-30-28-26-22-20-18-16-14-12-10-8-6-4-2/h21,23,40,42,47-48,52H,3-20,22,24-39,41,43-46,50H2,1-2H3,(H,51,53)(H,54,55)/b23-21-,42-40+. The van der Waals surface area contributed by atoms with E-state index in [2.05, 4.69) is 31.3 Å². The zero-order valence-corrected chi connectivity index (χ0v) is 39.2. The highest BCUT2D eigenvalue weighted by Crippen LogP contribution is 2.43. The Labute approximate surface area is 359 Å². The van der Waals surface area contributed by atoms with Crippen molar-refractivity contribution in [3.63, 3.8) is 0 Å². The van der Waals surface area contributed by atoms with Crippen molar-refractivity contribution in [1.82, 2.24) is 5.32 Å². The largest absolute Gasteiger partial charge is 0.472 e. The molecule has 0 saturated carbocycles. The smallest absolute Gasteiger partial charge is 0.387 e. The molecule has 0 aromatic carbocycles. The summed E-state index contributed by atoms with van der Waals surface area (Å²) < 4.78 is 22.2. The Hall–Kier alpha value is -1.02. The third-order valence-corrected chi connectivity index (χ3v) is 12.3. The van der Waals surface area contributed by atoms with Gasteiger partial charge in [-0.1, -0.05) is 224 Å². The zero-order valence-electron chi connectivity index (χ0n) is 38.3. The minimum Gasteiger partial charge on any atom is -0.387 e. The zero-order chi connectivity index (χ0) is 42.5. The van der Waals surface area contributed by atoms with Crippen LogP contribution in [0.4, 0.5) is 0 Å². The van der Waals surface area contributed by atoms with E-state index < -0.39 is 20.0 Å². The number of hydrogen-bond donors (Lipinski definition) is 4. The number of aliphatic hydroxyl groups excluding tert-OH is 1. The lowest BCUT2D eigenvalue weighted by atomic mass is 10.0. The van der Waals surface area contributed by atoms with Crippen molar-refractivity contribution in [1.29, 1.82) is 0 Å². The maximum absolute atomic E-state index is 12.8. The molecule has 0 radical (unpaired) electrons. The van der Waals surface area contributed by atoms with E-state index in [1.807, 2.05) is 6.08 Å². The van der Waals surface area contributed by atoms with Gasteiger partial charge in [-0.3, -0.25) is 13.8 Å². The van der Waals surface area contributed by atoms with Crippen LogP contribution in [0.3, 0.4) is 0 Å². The van der Waals surface area contributed by atoms with Crippen molar-refractivity contribution in [2.75, 3.05) is 19.8 Å². The quantitative estimate of drug-likeness (QED) is 0.0273. The number of aliphatic hydroxyl groups is 1. The van der Waals surface area contributed by atoms with Crippen LogP contribution < -0.4 is 11.1 Å². The first-order chi connectivity index (χ1) is 28.4. The molecule has 58 heavy (non-hydrogen) atoms. The van der Waals surface area contributed by atoms with Gasteiger partial charge in [0.25, 0.3) is 0 Å². The fourth-order valence-corrected chi connectivity index (χ4v) is 8.24. The van der Waals surface area contributed by atoms with Crippen LogP contribution in [0.25, 0.3) is 0 Å². The van der Waals surface area contributed by atoms with Gasteiger partial charge < -0.3 is 21.1 Å². The number of amides is 1. The minimum absolute atomic E-state index is 0.0795. The van der Waals surface area contributed by atoms with Crippen molar-refractivity contribution < 1.29 is 28.4 Å². The van der Waals surface area contributed by atoms with Crippen LogP contribution in [0, 0.1) is 0 Å². The van der Waals surface area contributed by atoms with Crippen molar-refractivity contribution in [3.05, 3.63) is 24.3 Å². The Morgan fingerprint density at radius 2 is 0.897 bits per heavy atom. The van der Waals surface area contributed by atoms with Crippen molar-refractivity contribution in [2.24, 2.45) is 5.73 Å². The van der Waals surface area contributed by atoms with Crippen LogP contribution in [-0.4, -0.2) is 47.8 Å². The second kappa shape index (κ2) is 45.5. The number of allylic oxidation sites excluding steroid dienone is 3. The molecule has 0 rings (SSSR count). The molecule has 8 nitrogen and oxygen atoms in total. The SMILES string of the molecule is CCCCCCCCCC/C=C\CCCCCCCCCCCC(=O)NC(COP(=O)(O)OCCN)C(O)/C=C/CCCCCCCCCCCCCCCCCC. The number of nitrogens with two attached hydrogens (primary N) is 1. The molecule has 1 amide bonds. The van der Waals surface area contributed by atoms with Crippen molar-refractivity contribution in [3.8, 4) is 0 Å². The van der Waals surface area contributed by atoms with Gasteiger partial charge in [-0.15, -0.1) is 0 Å². The fraction of sp³-hybridized carbons (Fsp3) is 0.898. The first kappa shape index (κ1) is 57.0. The Morgan fingerprint density at radius 1 is 0.552 bits per heavy atom. The number of unbranched alkanes of at least 4 members (excludes halogenated alkanes) is 33. The van der Waals surface area contributed by atoms with Gasteiger partial charge in [-0.25, -0.2) is 4.57 Å². The summed E-state index contributed by atoms with van der Waals surface area (Å²) >= 11 is 0. The van der Waals surface area contributed by atoms with E-state index in [0.29, 0.717) is 6.42 Å². The van der Waals surface area contributed by atoms with Gasteiger partial charge in [0, 0.05) is 13.0 Å². The molecule has 3 unspecified atom stereocenters. The Morgan fingerprint density at radius 3 is 1.28 bits per heavy atom. The van der Waals surface area contributed by atoms with Gasteiger partial charge in [0.15, 0.2) is 0 Å². The van der Waals surface area contributed by atoms with Gasteiger partial charge in [0.2, 0.25) is 5.91 Å². The van der Waals surface area contributed by atoms with E-state index in [0.717, 1.165) is 38.5 Å². The molecule has 344 valence electrons. The second-order valence-electron chi connectivity index (χ2n) is 17.0. The molecule has 0 aromatic rings. The summed E-state index contributed by atoms with van der Waals surface area (Å²) in [5.41, 5.74) is 5.39. The summed E-state index contributed by atoms with van der Waals surface area (Å²) in [6.45, 7) is 4.17. The average molecular weight is 841 g/mol. The maximum atomic E-state index is 12.8. The maximum Gasteiger partial charge on any atom is 0.472 e. The molecule has 0 aromatic heterocycles. The van der Waals surface area contributed by atoms with Gasteiger partial charge >= 0.3 is 7.82 Å².